The van der Waals surface area contributed by atoms with Crippen molar-refractivity contribution in [3.8, 4) is 12.3 Å². The molecule has 2 nitrogen and oxygen atoms in total. The largest absolute Gasteiger partial charge is 0.341 e. The van der Waals surface area contributed by atoms with Crippen molar-refractivity contribution in [2.75, 3.05) is 6.54 Å². The highest BCUT2D eigenvalue weighted by Gasteiger charge is 2.14. The molecule has 0 aliphatic carbocycles. The summed E-state index contributed by atoms with van der Waals surface area (Å²) >= 11 is 5.56. The van der Waals surface area contributed by atoms with E-state index in [9.17, 15) is 13.6 Å². The van der Waals surface area contributed by atoms with Crippen molar-refractivity contribution in [3.05, 3.63) is 34.4 Å². The van der Waals surface area contributed by atoms with Crippen molar-refractivity contribution >= 4 is 17.5 Å². The minimum atomic E-state index is -1.13. The molecule has 0 spiro atoms. The summed E-state index contributed by atoms with van der Waals surface area (Å²) in [7, 11) is 0. The number of carbonyl (C=O) groups is 1. The molecule has 0 fully saturated rings. The molecule has 1 aromatic carbocycles. The standard InChI is InChI=1S/C10H6ClF2NO/c1-2-3-14-10(15)6-4-8(12)9(13)5-7(6)11/h1,4-5H,3H2,(H,14,15). The molecular weight excluding hydrogens is 224 g/mol. The molecule has 0 atom stereocenters. The molecule has 0 saturated carbocycles. The Bertz CT molecular complexity index is 440. The summed E-state index contributed by atoms with van der Waals surface area (Å²) in [5.41, 5.74) is -0.147. The summed E-state index contributed by atoms with van der Waals surface area (Å²) < 4.78 is 25.4. The van der Waals surface area contributed by atoms with Gasteiger partial charge < -0.3 is 5.32 Å². The van der Waals surface area contributed by atoms with E-state index in [1.54, 1.807) is 0 Å². The Labute approximate surface area is 90.2 Å². The van der Waals surface area contributed by atoms with Crippen LogP contribution >= 0.6 is 11.6 Å². The Kier molecular flexibility index (Phi) is 3.64. The van der Waals surface area contributed by atoms with Gasteiger partial charge in [0.2, 0.25) is 0 Å². The molecule has 0 saturated heterocycles. The first kappa shape index (κ1) is 11.5. The van der Waals surface area contributed by atoms with Gasteiger partial charge in [-0.05, 0) is 12.1 Å². The summed E-state index contributed by atoms with van der Waals surface area (Å²) in [6.07, 6.45) is 4.92. The average molecular weight is 230 g/mol. The maximum atomic E-state index is 12.8. The van der Waals surface area contributed by atoms with Crippen molar-refractivity contribution < 1.29 is 13.6 Å². The Hall–Kier alpha value is -1.60. The summed E-state index contributed by atoms with van der Waals surface area (Å²) in [5.74, 6) is -0.708. The molecule has 0 unspecified atom stereocenters. The minimum Gasteiger partial charge on any atom is -0.341 e. The summed E-state index contributed by atoms with van der Waals surface area (Å²) in [4.78, 5) is 11.3. The zero-order chi connectivity index (χ0) is 11.4. The molecule has 1 amide bonds. The number of terminal acetylenes is 1. The molecule has 0 aromatic heterocycles. The van der Waals surface area contributed by atoms with Gasteiger partial charge in [0.05, 0.1) is 17.1 Å². The van der Waals surface area contributed by atoms with E-state index >= 15 is 0 Å². The topological polar surface area (TPSA) is 29.1 Å². The maximum absolute atomic E-state index is 12.8. The van der Waals surface area contributed by atoms with E-state index in [1.165, 1.54) is 0 Å². The van der Waals surface area contributed by atoms with Gasteiger partial charge >= 0.3 is 0 Å². The van der Waals surface area contributed by atoms with Gasteiger partial charge in [-0.15, -0.1) is 6.42 Å². The van der Waals surface area contributed by atoms with E-state index < -0.39 is 17.5 Å². The van der Waals surface area contributed by atoms with Crippen LogP contribution in [0.3, 0.4) is 0 Å². The van der Waals surface area contributed by atoms with Crippen molar-refractivity contribution in [1.82, 2.24) is 5.32 Å². The molecular formula is C10H6ClF2NO. The molecule has 78 valence electrons. The predicted molar refractivity (Wildman–Crippen MR) is 52.5 cm³/mol. The zero-order valence-electron chi connectivity index (χ0n) is 7.48. The SMILES string of the molecule is C#CCNC(=O)c1cc(F)c(F)cc1Cl. The van der Waals surface area contributed by atoms with Gasteiger partial charge in [0, 0.05) is 0 Å². The van der Waals surface area contributed by atoms with Gasteiger partial charge in [0.1, 0.15) is 0 Å². The van der Waals surface area contributed by atoms with E-state index in [1.807, 2.05) is 0 Å². The second kappa shape index (κ2) is 4.76. The smallest absolute Gasteiger partial charge is 0.253 e. The molecule has 1 aromatic rings. The Morgan fingerprint density at radius 2 is 2.07 bits per heavy atom. The first-order chi connectivity index (χ1) is 7.06. The third kappa shape index (κ3) is 2.67. The summed E-state index contributed by atoms with van der Waals surface area (Å²) in [6, 6.07) is 1.46. The molecule has 0 aliphatic rings. The van der Waals surface area contributed by atoms with Crippen molar-refractivity contribution in [1.29, 1.82) is 0 Å². The fraction of sp³-hybridized carbons (Fsp3) is 0.100. The quantitative estimate of drug-likeness (QED) is 0.610. The van der Waals surface area contributed by atoms with E-state index in [2.05, 4.69) is 11.2 Å². The van der Waals surface area contributed by atoms with Crippen molar-refractivity contribution in [3.63, 3.8) is 0 Å². The summed E-state index contributed by atoms with van der Waals surface area (Å²) in [5, 5.41) is 2.12. The van der Waals surface area contributed by atoms with Crippen LogP contribution in [0.4, 0.5) is 8.78 Å². The molecule has 0 aliphatic heterocycles. The van der Waals surface area contributed by atoms with E-state index in [0.29, 0.717) is 0 Å². The van der Waals surface area contributed by atoms with Crippen LogP contribution in [-0.2, 0) is 0 Å². The van der Waals surface area contributed by atoms with E-state index in [4.69, 9.17) is 18.0 Å². The Morgan fingerprint density at radius 3 is 2.67 bits per heavy atom. The van der Waals surface area contributed by atoms with Crippen LogP contribution in [0.15, 0.2) is 12.1 Å². The van der Waals surface area contributed by atoms with Crippen LogP contribution in [0.2, 0.25) is 5.02 Å². The van der Waals surface area contributed by atoms with Gasteiger partial charge in [-0.3, -0.25) is 4.79 Å². The van der Waals surface area contributed by atoms with Crippen LogP contribution in [0, 0.1) is 24.0 Å². The second-order valence-electron chi connectivity index (χ2n) is 2.63. The third-order valence-corrected chi connectivity index (χ3v) is 1.92. The Balaban J connectivity index is 3.00. The molecule has 1 N–H and O–H groups in total. The van der Waals surface area contributed by atoms with Gasteiger partial charge in [-0.1, -0.05) is 17.5 Å². The highest BCUT2D eigenvalue weighted by Crippen LogP contribution is 2.19. The molecule has 0 heterocycles. The highest BCUT2D eigenvalue weighted by molar-refractivity contribution is 6.33. The predicted octanol–water partition coefficient (Wildman–Crippen LogP) is 1.98. The molecule has 0 bridgehead atoms. The fourth-order valence-electron chi connectivity index (χ4n) is 0.923. The van der Waals surface area contributed by atoms with Gasteiger partial charge in [0.15, 0.2) is 11.6 Å². The van der Waals surface area contributed by atoms with Crippen LogP contribution < -0.4 is 5.32 Å². The minimum absolute atomic E-state index is 0.00580. The number of halogens is 3. The number of hydrogen-bond donors (Lipinski definition) is 1. The number of carbonyl (C=O) groups excluding carboxylic acids is 1. The van der Waals surface area contributed by atoms with Crippen LogP contribution in [-0.4, -0.2) is 12.5 Å². The fourth-order valence-corrected chi connectivity index (χ4v) is 1.16. The maximum Gasteiger partial charge on any atom is 0.253 e. The lowest BCUT2D eigenvalue weighted by atomic mass is 10.2. The number of rotatable bonds is 2. The first-order valence-electron chi connectivity index (χ1n) is 3.92. The molecule has 1 rings (SSSR count). The zero-order valence-corrected chi connectivity index (χ0v) is 8.24. The third-order valence-electron chi connectivity index (χ3n) is 1.61. The van der Waals surface area contributed by atoms with Gasteiger partial charge in [-0.2, -0.15) is 0 Å². The lowest BCUT2D eigenvalue weighted by molar-refractivity contribution is 0.0958. The summed E-state index contributed by atoms with van der Waals surface area (Å²) in [6.45, 7) is -0.00580. The van der Waals surface area contributed by atoms with E-state index in [0.717, 1.165) is 12.1 Å². The second-order valence-corrected chi connectivity index (χ2v) is 3.04. The molecule has 0 radical (unpaired) electrons. The van der Waals surface area contributed by atoms with Crippen LogP contribution in [0.5, 0.6) is 0 Å². The lowest BCUT2D eigenvalue weighted by Crippen LogP contribution is -2.24. The Morgan fingerprint density at radius 1 is 1.47 bits per heavy atom. The lowest BCUT2D eigenvalue weighted by Gasteiger charge is -2.04. The average Bonchev–Trinajstić information content (AvgIpc) is 2.20. The monoisotopic (exact) mass is 229 g/mol. The van der Waals surface area contributed by atoms with Crippen molar-refractivity contribution in [2.24, 2.45) is 0 Å². The van der Waals surface area contributed by atoms with Gasteiger partial charge in [0.25, 0.3) is 5.91 Å². The number of benzene rings is 1. The number of amides is 1. The number of hydrogen-bond acceptors (Lipinski definition) is 1. The first-order valence-corrected chi connectivity index (χ1v) is 4.30. The normalized spacial score (nSPS) is 9.47. The molecule has 5 heteroatoms. The van der Waals surface area contributed by atoms with Crippen LogP contribution in [0.1, 0.15) is 10.4 Å². The van der Waals surface area contributed by atoms with Gasteiger partial charge in [-0.25, -0.2) is 8.78 Å². The van der Waals surface area contributed by atoms with Crippen LogP contribution in [0.25, 0.3) is 0 Å². The number of nitrogens with one attached hydrogen (secondary N) is 1. The van der Waals surface area contributed by atoms with Crippen molar-refractivity contribution in [2.45, 2.75) is 0 Å². The highest BCUT2D eigenvalue weighted by atomic mass is 35.5. The van der Waals surface area contributed by atoms with E-state index in [-0.39, 0.29) is 17.1 Å². The molecule has 15 heavy (non-hydrogen) atoms.